The summed E-state index contributed by atoms with van der Waals surface area (Å²) in [7, 11) is 3.73. The average molecular weight is 874 g/mol. The van der Waals surface area contributed by atoms with Crippen LogP contribution in [0.4, 0.5) is 0 Å². The zero-order valence-electron chi connectivity index (χ0n) is 34.3. The molecule has 2 atom stereocenters. The summed E-state index contributed by atoms with van der Waals surface area (Å²) in [6.07, 6.45) is 5.83. The monoisotopic (exact) mass is 872 g/mol. The van der Waals surface area contributed by atoms with Gasteiger partial charge >= 0.3 is 0 Å². The topological polar surface area (TPSA) is 98.7 Å². The smallest absolute Gasteiger partial charge is 0.273 e. The molecule has 3 aromatic carbocycles. The quantitative estimate of drug-likeness (QED) is 0.134. The summed E-state index contributed by atoms with van der Waals surface area (Å²) >= 11 is 15.5. The number of carbonyl (C=O) groups excluding carboxylic acids is 3. The summed E-state index contributed by atoms with van der Waals surface area (Å²) in [6, 6.07) is 25.6. The number of halogens is 2. The largest absolute Gasteiger partial charge is 0.342 e. The van der Waals surface area contributed by atoms with Gasteiger partial charge in [-0.25, -0.2) is 9.97 Å². The predicted molar refractivity (Wildman–Crippen MR) is 241 cm³/mol. The fourth-order valence-corrected chi connectivity index (χ4v) is 10.3. The maximum absolute atomic E-state index is 13.2. The molecule has 2 fully saturated rings. The minimum atomic E-state index is -0.0609. The zero-order valence-corrected chi connectivity index (χ0v) is 37.4. The second kappa shape index (κ2) is 21.4. The molecular formula is C46H54Cl2N6O3S2. The highest BCUT2D eigenvalue weighted by molar-refractivity contribution is 7.10. The third-order valence-corrected chi connectivity index (χ3v) is 14.1. The Morgan fingerprint density at radius 3 is 1.68 bits per heavy atom. The molecule has 0 saturated carbocycles. The maximum atomic E-state index is 13.2. The molecule has 5 aromatic rings. The summed E-state index contributed by atoms with van der Waals surface area (Å²) in [5.41, 5.74) is 4.13. The van der Waals surface area contributed by atoms with E-state index < -0.39 is 0 Å². The van der Waals surface area contributed by atoms with Crippen molar-refractivity contribution in [1.82, 2.24) is 30.0 Å². The van der Waals surface area contributed by atoms with E-state index in [2.05, 4.69) is 48.4 Å². The van der Waals surface area contributed by atoms with Gasteiger partial charge in [0.1, 0.15) is 11.4 Å². The van der Waals surface area contributed by atoms with E-state index in [1.165, 1.54) is 16.9 Å². The SMILES string of the molecule is CC[C@H](c1ccccc1)N(C)C(=O)c1csc(C2CCN(C(=O)Cc3cc(Cl)ccc3Cl)CC2)n1.CC[C@H](c1ccccc1)N(C)C(=O)c1csc(C2CCNCC2)n1. The first kappa shape index (κ1) is 44.4. The molecule has 312 valence electrons. The van der Waals surface area contributed by atoms with Crippen LogP contribution in [-0.2, 0) is 11.2 Å². The normalized spacial score (nSPS) is 15.8. The molecule has 3 amide bonds. The number of rotatable bonds is 12. The molecule has 0 unspecified atom stereocenters. The summed E-state index contributed by atoms with van der Waals surface area (Å²) < 4.78 is 0. The van der Waals surface area contributed by atoms with Crippen molar-refractivity contribution in [2.75, 3.05) is 40.3 Å². The van der Waals surface area contributed by atoms with E-state index in [4.69, 9.17) is 28.2 Å². The fourth-order valence-electron chi connectivity index (χ4n) is 8.01. The second-order valence-corrected chi connectivity index (χ2v) is 17.9. The minimum Gasteiger partial charge on any atom is -0.342 e. The van der Waals surface area contributed by atoms with Crippen molar-refractivity contribution < 1.29 is 14.4 Å². The van der Waals surface area contributed by atoms with Crippen LogP contribution >= 0.6 is 45.9 Å². The van der Waals surface area contributed by atoms with Crippen molar-refractivity contribution in [2.45, 2.75) is 82.7 Å². The van der Waals surface area contributed by atoms with Gasteiger partial charge < -0.3 is 20.0 Å². The van der Waals surface area contributed by atoms with Crippen LogP contribution in [0.3, 0.4) is 0 Å². The number of nitrogens with zero attached hydrogens (tertiary/aromatic N) is 5. The van der Waals surface area contributed by atoms with E-state index in [1.807, 2.05) is 71.1 Å². The molecule has 0 aliphatic carbocycles. The Kier molecular flexibility index (Phi) is 16.1. The highest BCUT2D eigenvalue weighted by Gasteiger charge is 2.29. The van der Waals surface area contributed by atoms with Gasteiger partial charge in [-0.15, -0.1) is 22.7 Å². The number of hydrogen-bond donors (Lipinski definition) is 1. The standard InChI is InChI=1S/C27H29Cl2N3O2S.C19H25N3OS/c1-3-24(18-7-5-4-6-8-18)31(2)27(34)23-17-35-26(30-23)19-11-13-32(14-12-19)25(33)16-20-15-21(28)9-10-22(20)29;1-3-17(14-7-5-4-6-8-14)22(2)19(23)16-13-24-18(21-16)15-9-11-20-12-10-15/h4-10,15,17,19,24H,3,11-14,16H2,1-2H3;4-8,13,15,17,20H,3,9-12H2,1-2H3/t24-;17-/m11/s1. The van der Waals surface area contributed by atoms with Gasteiger partial charge in [0.2, 0.25) is 5.91 Å². The molecule has 2 aromatic heterocycles. The number of carbonyl (C=O) groups is 3. The number of aromatic nitrogens is 2. The van der Waals surface area contributed by atoms with Gasteiger partial charge in [0.25, 0.3) is 11.8 Å². The first-order valence-corrected chi connectivity index (χ1v) is 23.1. The highest BCUT2D eigenvalue weighted by Crippen LogP contribution is 2.33. The third kappa shape index (κ3) is 11.4. The van der Waals surface area contributed by atoms with Gasteiger partial charge in [-0.1, -0.05) is 97.7 Å². The van der Waals surface area contributed by atoms with Crippen molar-refractivity contribution in [1.29, 1.82) is 0 Å². The van der Waals surface area contributed by atoms with Crippen LogP contribution in [0.15, 0.2) is 89.6 Å². The number of benzene rings is 3. The molecule has 0 radical (unpaired) electrons. The van der Waals surface area contributed by atoms with E-state index in [0.29, 0.717) is 40.4 Å². The van der Waals surface area contributed by atoms with E-state index in [1.54, 1.807) is 34.4 Å². The Bertz CT molecular complexity index is 2130. The van der Waals surface area contributed by atoms with Crippen LogP contribution in [0, 0.1) is 0 Å². The molecule has 0 bridgehead atoms. The van der Waals surface area contributed by atoms with Crippen molar-refractivity contribution in [2.24, 2.45) is 0 Å². The van der Waals surface area contributed by atoms with Crippen LogP contribution in [0.25, 0.3) is 0 Å². The molecule has 4 heterocycles. The lowest BCUT2D eigenvalue weighted by molar-refractivity contribution is -0.131. The van der Waals surface area contributed by atoms with E-state index in [9.17, 15) is 14.4 Å². The minimum absolute atomic E-state index is 0.0103. The first-order chi connectivity index (χ1) is 28.6. The molecular weight excluding hydrogens is 820 g/mol. The predicted octanol–water partition coefficient (Wildman–Crippen LogP) is 10.5. The Balaban J connectivity index is 0.000000213. The van der Waals surface area contributed by atoms with E-state index in [-0.39, 0.29) is 42.1 Å². The Labute approximate surface area is 366 Å². The Hall–Kier alpha value is -4.13. The van der Waals surface area contributed by atoms with Gasteiger partial charge in [0.15, 0.2) is 0 Å². The highest BCUT2D eigenvalue weighted by atomic mass is 35.5. The van der Waals surface area contributed by atoms with E-state index in [0.717, 1.165) is 72.8 Å². The molecule has 7 rings (SSSR count). The molecule has 2 saturated heterocycles. The van der Waals surface area contributed by atoms with Crippen LogP contribution in [-0.4, -0.2) is 82.7 Å². The lowest BCUT2D eigenvalue weighted by atomic mass is 9.97. The van der Waals surface area contributed by atoms with Crippen molar-refractivity contribution in [3.05, 3.63) is 138 Å². The molecule has 1 N–H and O–H groups in total. The molecule has 59 heavy (non-hydrogen) atoms. The lowest BCUT2D eigenvalue weighted by Gasteiger charge is -2.31. The number of thiazole rings is 2. The molecule has 9 nitrogen and oxygen atoms in total. The second-order valence-electron chi connectivity index (χ2n) is 15.2. The van der Waals surface area contributed by atoms with Crippen LogP contribution in [0.2, 0.25) is 10.0 Å². The van der Waals surface area contributed by atoms with Crippen molar-refractivity contribution >= 4 is 63.6 Å². The lowest BCUT2D eigenvalue weighted by Crippen LogP contribution is -2.38. The Morgan fingerprint density at radius 2 is 1.20 bits per heavy atom. The third-order valence-electron chi connectivity index (χ3n) is 11.4. The van der Waals surface area contributed by atoms with Crippen molar-refractivity contribution in [3.8, 4) is 0 Å². The first-order valence-electron chi connectivity index (χ1n) is 20.5. The fraction of sp³-hybridized carbons (Fsp3) is 0.413. The number of piperidine rings is 2. The zero-order chi connectivity index (χ0) is 41.9. The van der Waals surface area contributed by atoms with Crippen molar-refractivity contribution in [3.63, 3.8) is 0 Å². The molecule has 2 aliphatic rings. The number of hydrogen-bond acceptors (Lipinski definition) is 8. The Morgan fingerprint density at radius 1 is 0.729 bits per heavy atom. The number of nitrogens with one attached hydrogen (secondary N) is 1. The van der Waals surface area contributed by atoms with Gasteiger partial charge in [0, 0.05) is 59.8 Å². The summed E-state index contributed by atoms with van der Waals surface area (Å²) in [6.45, 7) is 7.61. The summed E-state index contributed by atoms with van der Waals surface area (Å²) in [5.74, 6) is 0.757. The molecule has 13 heteroatoms. The van der Waals surface area contributed by atoms with Gasteiger partial charge in [-0.05, 0) is 86.5 Å². The van der Waals surface area contributed by atoms with E-state index >= 15 is 0 Å². The van der Waals surface area contributed by atoms with Crippen LogP contribution in [0.1, 0.15) is 124 Å². The van der Waals surface area contributed by atoms with Gasteiger partial charge in [-0.3, -0.25) is 14.4 Å². The summed E-state index contributed by atoms with van der Waals surface area (Å²) in [4.78, 5) is 53.7. The molecule has 0 spiro atoms. The van der Waals surface area contributed by atoms with Gasteiger partial charge in [-0.2, -0.15) is 0 Å². The van der Waals surface area contributed by atoms with Crippen LogP contribution < -0.4 is 5.32 Å². The van der Waals surface area contributed by atoms with Crippen LogP contribution in [0.5, 0.6) is 0 Å². The molecule has 2 aliphatic heterocycles. The van der Waals surface area contributed by atoms with Gasteiger partial charge in [0.05, 0.1) is 28.5 Å². The summed E-state index contributed by atoms with van der Waals surface area (Å²) in [5, 5.41) is 10.4. The number of likely N-dealkylation sites (tertiary alicyclic amines) is 1. The maximum Gasteiger partial charge on any atom is 0.273 e. The average Bonchev–Trinajstić information content (AvgIpc) is 3.98. The number of amides is 3.